The molecule has 0 saturated carbocycles. The molecule has 0 saturated heterocycles. The average molecular weight is 123 g/mol. The molecule has 0 N–H and O–H groups in total. The summed E-state index contributed by atoms with van der Waals surface area (Å²) in [4.78, 5) is 0. The van der Waals surface area contributed by atoms with E-state index in [1.54, 1.807) is 0 Å². The van der Waals surface area contributed by atoms with E-state index in [-0.39, 0.29) is 11.3 Å². The lowest BCUT2D eigenvalue weighted by Gasteiger charge is -2.19. The maximum atomic E-state index is 8.60. The van der Waals surface area contributed by atoms with E-state index in [1.165, 1.54) is 0 Å². The van der Waals surface area contributed by atoms with E-state index >= 15 is 0 Å². The first-order valence-electron chi connectivity index (χ1n) is 3.08. The number of hydrogen-bond donors (Lipinski definition) is 0. The van der Waals surface area contributed by atoms with Crippen LogP contribution in [0.4, 0.5) is 0 Å². The van der Waals surface area contributed by atoms with Gasteiger partial charge in [-0.2, -0.15) is 5.26 Å². The first kappa shape index (κ1) is 8.23. The van der Waals surface area contributed by atoms with Crippen LogP contribution in [0, 0.1) is 22.7 Å². The maximum absolute atomic E-state index is 8.60. The Bertz CT molecular complexity index is 139. The molecule has 1 heteroatoms. The van der Waals surface area contributed by atoms with Crippen LogP contribution in [0.25, 0.3) is 0 Å². The highest BCUT2D eigenvalue weighted by molar-refractivity contribution is 5.00. The Kier molecular flexibility index (Phi) is 2.45. The molecule has 0 radical (unpaired) electrons. The smallest absolute Gasteiger partial charge is 0.0690 e. The van der Waals surface area contributed by atoms with Crippen molar-refractivity contribution >= 4 is 0 Å². The van der Waals surface area contributed by atoms with Crippen molar-refractivity contribution in [2.45, 2.75) is 20.8 Å². The molecule has 0 rings (SSSR count). The molecule has 1 nitrogen and oxygen atoms in total. The van der Waals surface area contributed by atoms with Gasteiger partial charge in [0.05, 0.1) is 11.5 Å². The van der Waals surface area contributed by atoms with E-state index in [2.05, 4.69) is 12.6 Å². The number of allylic oxidation sites excluding steroid dienone is 1. The van der Waals surface area contributed by atoms with Crippen LogP contribution in [0.5, 0.6) is 0 Å². The molecule has 9 heavy (non-hydrogen) atoms. The SMILES string of the molecule is C=CC(C)C(C)(C)C#N. The molecular weight excluding hydrogens is 110 g/mol. The molecule has 0 amide bonds. The van der Waals surface area contributed by atoms with Crippen LogP contribution in [0.2, 0.25) is 0 Å². The molecule has 0 aromatic carbocycles. The molecule has 0 aliphatic heterocycles. The summed E-state index contributed by atoms with van der Waals surface area (Å²) < 4.78 is 0. The van der Waals surface area contributed by atoms with Gasteiger partial charge in [0.15, 0.2) is 0 Å². The van der Waals surface area contributed by atoms with Gasteiger partial charge < -0.3 is 0 Å². The van der Waals surface area contributed by atoms with E-state index in [4.69, 9.17) is 5.26 Å². The second-order valence-electron chi connectivity index (χ2n) is 2.86. The van der Waals surface area contributed by atoms with Crippen molar-refractivity contribution in [1.82, 2.24) is 0 Å². The fourth-order valence-electron chi connectivity index (χ4n) is 0.396. The summed E-state index contributed by atoms with van der Waals surface area (Å²) in [6, 6.07) is 2.22. The molecule has 0 spiro atoms. The minimum absolute atomic E-state index is 0.262. The van der Waals surface area contributed by atoms with Gasteiger partial charge in [0.1, 0.15) is 0 Å². The van der Waals surface area contributed by atoms with Crippen LogP contribution in [-0.2, 0) is 0 Å². The fraction of sp³-hybridized carbons (Fsp3) is 0.625. The monoisotopic (exact) mass is 123 g/mol. The molecule has 0 aromatic rings. The van der Waals surface area contributed by atoms with Gasteiger partial charge in [-0.25, -0.2) is 0 Å². The number of rotatable bonds is 2. The van der Waals surface area contributed by atoms with E-state index in [0.29, 0.717) is 0 Å². The largest absolute Gasteiger partial charge is 0.198 e. The Balaban J connectivity index is 4.17. The van der Waals surface area contributed by atoms with Crippen molar-refractivity contribution in [2.24, 2.45) is 11.3 Å². The van der Waals surface area contributed by atoms with Gasteiger partial charge in [-0.15, -0.1) is 6.58 Å². The highest BCUT2D eigenvalue weighted by Crippen LogP contribution is 2.25. The zero-order valence-corrected chi connectivity index (χ0v) is 6.31. The first-order valence-corrected chi connectivity index (χ1v) is 3.08. The van der Waals surface area contributed by atoms with Crippen molar-refractivity contribution in [3.8, 4) is 6.07 Å². The highest BCUT2D eigenvalue weighted by atomic mass is 14.3. The van der Waals surface area contributed by atoms with Crippen LogP contribution < -0.4 is 0 Å². The minimum atomic E-state index is -0.262. The Hall–Kier alpha value is -0.770. The van der Waals surface area contributed by atoms with Crippen molar-refractivity contribution < 1.29 is 0 Å². The van der Waals surface area contributed by atoms with Gasteiger partial charge in [0, 0.05) is 0 Å². The number of hydrogen-bond acceptors (Lipinski definition) is 1. The molecule has 0 aliphatic rings. The Morgan fingerprint density at radius 1 is 1.67 bits per heavy atom. The molecule has 0 heterocycles. The molecule has 0 aromatic heterocycles. The third kappa shape index (κ3) is 1.89. The number of nitrogens with zero attached hydrogens (tertiary/aromatic N) is 1. The molecular formula is C8H13N. The van der Waals surface area contributed by atoms with Crippen molar-refractivity contribution in [3.63, 3.8) is 0 Å². The molecule has 50 valence electrons. The van der Waals surface area contributed by atoms with E-state index in [9.17, 15) is 0 Å². The predicted octanol–water partition coefficient (Wildman–Crippen LogP) is 2.36. The van der Waals surface area contributed by atoms with Gasteiger partial charge in [0.2, 0.25) is 0 Å². The molecule has 0 fully saturated rings. The summed E-state index contributed by atoms with van der Waals surface area (Å²) >= 11 is 0. The standard InChI is InChI=1S/C8H13N/c1-5-7(2)8(3,4)6-9/h5,7H,1H2,2-4H3. The second kappa shape index (κ2) is 2.68. The summed E-state index contributed by atoms with van der Waals surface area (Å²) in [5.74, 6) is 0.266. The van der Waals surface area contributed by atoms with Crippen LogP contribution in [0.15, 0.2) is 12.7 Å². The van der Waals surface area contributed by atoms with Crippen molar-refractivity contribution in [1.29, 1.82) is 5.26 Å². The first-order chi connectivity index (χ1) is 4.04. The molecule has 1 unspecified atom stereocenters. The predicted molar refractivity (Wildman–Crippen MR) is 38.8 cm³/mol. The van der Waals surface area contributed by atoms with Crippen molar-refractivity contribution in [3.05, 3.63) is 12.7 Å². The van der Waals surface area contributed by atoms with E-state index in [1.807, 2.05) is 26.8 Å². The second-order valence-corrected chi connectivity index (χ2v) is 2.86. The van der Waals surface area contributed by atoms with Gasteiger partial charge in [0.25, 0.3) is 0 Å². The van der Waals surface area contributed by atoms with Gasteiger partial charge in [-0.05, 0) is 19.8 Å². The zero-order valence-electron chi connectivity index (χ0n) is 6.31. The topological polar surface area (TPSA) is 23.8 Å². The highest BCUT2D eigenvalue weighted by Gasteiger charge is 2.22. The van der Waals surface area contributed by atoms with Crippen molar-refractivity contribution in [2.75, 3.05) is 0 Å². The molecule has 0 aliphatic carbocycles. The van der Waals surface area contributed by atoms with Crippen LogP contribution in [0.1, 0.15) is 20.8 Å². The quantitative estimate of drug-likeness (QED) is 0.517. The van der Waals surface area contributed by atoms with Gasteiger partial charge in [-0.1, -0.05) is 13.0 Å². The number of nitriles is 1. The van der Waals surface area contributed by atoms with Crippen LogP contribution in [0.3, 0.4) is 0 Å². The minimum Gasteiger partial charge on any atom is -0.198 e. The Labute approximate surface area is 57.0 Å². The summed E-state index contributed by atoms with van der Waals surface area (Å²) in [6.07, 6.45) is 1.81. The lowest BCUT2D eigenvalue weighted by Crippen LogP contribution is -2.16. The summed E-state index contributed by atoms with van der Waals surface area (Å²) in [5.41, 5.74) is -0.262. The molecule has 0 bridgehead atoms. The fourth-order valence-corrected chi connectivity index (χ4v) is 0.396. The Morgan fingerprint density at radius 3 is 2.22 bits per heavy atom. The van der Waals surface area contributed by atoms with Gasteiger partial charge in [-0.3, -0.25) is 0 Å². The lowest BCUT2D eigenvalue weighted by atomic mass is 9.82. The van der Waals surface area contributed by atoms with Crippen LogP contribution >= 0.6 is 0 Å². The molecule has 1 atom stereocenters. The van der Waals surface area contributed by atoms with E-state index in [0.717, 1.165) is 0 Å². The third-order valence-corrected chi connectivity index (χ3v) is 1.78. The van der Waals surface area contributed by atoms with E-state index < -0.39 is 0 Å². The average Bonchev–Trinajstić information content (AvgIpc) is 1.86. The summed E-state index contributed by atoms with van der Waals surface area (Å²) in [5, 5.41) is 8.60. The summed E-state index contributed by atoms with van der Waals surface area (Å²) in [7, 11) is 0. The maximum Gasteiger partial charge on any atom is 0.0690 e. The Morgan fingerprint density at radius 2 is 2.11 bits per heavy atom. The third-order valence-electron chi connectivity index (χ3n) is 1.78. The zero-order chi connectivity index (χ0) is 7.49. The normalized spacial score (nSPS) is 14.0. The van der Waals surface area contributed by atoms with Gasteiger partial charge >= 0.3 is 0 Å². The summed E-state index contributed by atoms with van der Waals surface area (Å²) in [6.45, 7) is 9.45. The van der Waals surface area contributed by atoms with Crippen LogP contribution in [-0.4, -0.2) is 0 Å². The lowest BCUT2D eigenvalue weighted by molar-refractivity contribution is 0.382.